The number of esters is 1. The molecule has 0 spiro atoms. The van der Waals surface area contributed by atoms with E-state index < -0.39 is 26.7 Å². The molecule has 0 N–H and O–H groups in total. The van der Waals surface area contributed by atoms with Gasteiger partial charge in [-0.3, -0.25) is 0 Å². The molecule has 0 radical (unpaired) electrons. The second-order valence-electron chi connectivity index (χ2n) is 5.68. The van der Waals surface area contributed by atoms with Gasteiger partial charge in [0, 0.05) is 24.6 Å². The summed E-state index contributed by atoms with van der Waals surface area (Å²) >= 11 is 6.78. The summed E-state index contributed by atoms with van der Waals surface area (Å²) in [6, 6.07) is 3.13. The summed E-state index contributed by atoms with van der Waals surface area (Å²) in [4.78, 5) is 11.7. The van der Waals surface area contributed by atoms with Crippen LogP contribution in [0, 0.1) is 5.82 Å². The molecule has 1 saturated heterocycles. The van der Waals surface area contributed by atoms with Crippen LogP contribution in [0.3, 0.4) is 0 Å². The van der Waals surface area contributed by atoms with Crippen molar-refractivity contribution in [1.29, 1.82) is 0 Å². The molecule has 0 bridgehead atoms. The molecule has 2 aromatic rings. The van der Waals surface area contributed by atoms with Crippen molar-refractivity contribution in [3.8, 4) is 0 Å². The molecule has 1 aliphatic heterocycles. The van der Waals surface area contributed by atoms with Crippen LogP contribution in [-0.2, 0) is 21.4 Å². The van der Waals surface area contributed by atoms with E-state index in [-0.39, 0.29) is 12.2 Å². The molecule has 1 aromatic carbocycles. The molecule has 0 unspecified atom stereocenters. The minimum absolute atomic E-state index is 0.0682. The number of carbonyl (C=O) groups excluding carboxylic acids is 1. The lowest BCUT2D eigenvalue weighted by Gasteiger charge is -2.26. The van der Waals surface area contributed by atoms with Crippen molar-refractivity contribution in [2.24, 2.45) is 0 Å². The molecule has 0 atom stereocenters. The molecule has 26 heavy (non-hydrogen) atoms. The van der Waals surface area contributed by atoms with E-state index in [9.17, 15) is 17.6 Å². The van der Waals surface area contributed by atoms with Crippen LogP contribution in [0.5, 0.6) is 0 Å². The SMILES string of the molecule is O=C(OCc1nnsc1Cl)c1ccc(F)c(S(=O)(=O)N2CCCCC2)c1. The fraction of sp³-hybridized carbons (Fsp3) is 0.400. The molecule has 1 aromatic heterocycles. The third-order valence-corrected chi connectivity index (χ3v) is 6.85. The van der Waals surface area contributed by atoms with Gasteiger partial charge in [-0.1, -0.05) is 22.5 Å². The van der Waals surface area contributed by atoms with Gasteiger partial charge in [0.05, 0.1) is 5.56 Å². The van der Waals surface area contributed by atoms with Crippen LogP contribution in [0.25, 0.3) is 0 Å². The van der Waals surface area contributed by atoms with Crippen molar-refractivity contribution in [3.63, 3.8) is 0 Å². The predicted molar refractivity (Wildman–Crippen MR) is 93.0 cm³/mol. The molecule has 2 heterocycles. The molecule has 11 heteroatoms. The van der Waals surface area contributed by atoms with Crippen LogP contribution in [0.2, 0.25) is 4.34 Å². The number of rotatable bonds is 5. The van der Waals surface area contributed by atoms with E-state index in [4.69, 9.17) is 16.3 Å². The van der Waals surface area contributed by atoms with E-state index in [1.807, 2.05) is 0 Å². The van der Waals surface area contributed by atoms with E-state index in [0.717, 1.165) is 42.9 Å². The first-order valence-electron chi connectivity index (χ1n) is 7.83. The Balaban J connectivity index is 1.80. The van der Waals surface area contributed by atoms with Crippen LogP contribution in [0.1, 0.15) is 35.3 Å². The van der Waals surface area contributed by atoms with Crippen LogP contribution in [0.15, 0.2) is 23.1 Å². The smallest absolute Gasteiger partial charge is 0.338 e. The van der Waals surface area contributed by atoms with E-state index >= 15 is 0 Å². The Hall–Kier alpha value is -1.62. The number of hydrogen-bond donors (Lipinski definition) is 0. The topological polar surface area (TPSA) is 89.5 Å². The van der Waals surface area contributed by atoms with Gasteiger partial charge in [-0.2, -0.15) is 4.31 Å². The molecule has 0 aliphatic carbocycles. The van der Waals surface area contributed by atoms with Crippen molar-refractivity contribution in [1.82, 2.24) is 13.9 Å². The Morgan fingerprint density at radius 1 is 1.31 bits per heavy atom. The minimum atomic E-state index is -4.00. The number of hydrogen-bond acceptors (Lipinski definition) is 7. The van der Waals surface area contributed by atoms with Crippen molar-refractivity contribution < 1.29 is 22.3 Å². The van der Waals surface area contributed by atoms with E-state index in [1.165, 1.54) is 10.4 Å². The first kappa shape index (κ1) is 19.2. The number of ether oxygens (including phenoxy) is 1. The first-order valence-corrected chi connectivity index (χ1v) is 10.4. The Labute approximate surface area is 158 Å². The first-order chi connectivity index (χ1) is 12.4. The summed E-state index contributed by atoms with van der Waals surface area (Å²) in [6.07, 6.45) is 2.39. The fourth-order valence-electron chi connectivity index (χ4n) is 2.57. The summed E-state index contributed by atoms with van der Waals surface area (Å²) in [5.74, 6) is -1.71. The lowest BCUT2D eigenvalue weighted by molar-refractivity contribution is 0.0467. The van der Waals surface area contributed by atoms with Gasteiger partial charge in [-0.25, -0.2) is 17.6 Å². The molecular weight excluding hydrogens is 405 g/mol. The standard InChI is InChI=1S/C15H15ClFN3O4S2/c16-14-12(18-19-25-14)9-24-15(21)10-4-5-11(17)13(8-10)26(22,23)20-6-2-1-3-7-20/h4-5,8H,1-3,6-7,9H2. The highest BCUT2D eigenvalue weighted by atomic mass is 35.5. The molecular formula is C15H15ClFN3O4S2. The number of aromatic nitrogens is 2. The number of piperidine rings is 1. The maximum Gasteiger partial charge on any atom is 0.338 e. The largest absolute Gasteiger partial charge is 0.455 e. The van der Waals surface area contributed by atoms with Crippen LogP contribution in [0.4, 0.5) is 4.39 Å². The number of benzene rings is 1. The molecule has 7 nitrogen and oxygen atoms in total. The third kappa shape index (κ3) is 4.03. The highest BCUT2D eigenvalue weighted by Gasteiger charge is 2.29. The maximum atomic E-state index is 14.2. The zero-order valence-corrected chi connectivity index (χ0v) is 15.9. The number of sulfonamides is 1. The average Bonchev–Trinajstić information content (AvgIpc) is 3.05. The zero-order valence-electron chi connectivity index (χ0n) is 13.5. The molecule has 1 aliphatic rings. The summed E-state index contributed by atoms with van der Waals surface area (Å²) in [5.41, 5.74) is 0.231. The van der Waals surface area contributed by atoms with Gasteiger partial charge >= 0.3 is 5.97 Å². The second-order valence-corrected chi connectivity index (χ2v) is 8.94. The van der Waals surface area contributed by atoms with Crippen molar-refractivity contribution in [2.45, 2.75) is 30.8 Å². The van der Waals surface area contributed by atoms with Crippen molar-refractivity contribution in [2.75, 3.05) is 13.1 Å². The Kier molecular flexibility index (Phi) is 5.86. The summed E-state index contributed by atoms with van der Waals surface area (Å²) in [7, 11) is -4.00. The molecule has 1 fully saturated rings. The third-order valence-electron chi connectivity index (χ3n) is 3.95. The Morgan fingerprint density at radius 3 is 2.69 bits per heavy atom. The Morgan fingerprint density at radius 2 is 2.04 bits per heavy atom. The number of carbonyl (C=O) groups is 1. The monoisotopic (exact) mass is 419 g/mol. The van der Waals surface area contributed by atoms with Gasteiger partial charge in [0.25, 0.3) is 0 Å². The number of halogens is 2. The Bertz CT molecular complexity index is 913. The van der Waals surface area contributed by atoms with Crippen molar-refractivity contribution >= 4 is 39.1 Å². The highest BCUT2D eigenvalue weighted by Crippen LogP contribution is 2.24. The highest BCUT2D eigenvalue weighted by molar-refractivity contribution is 7.89. The van der Waals surface area contributed by atoms with Crippen LogP contribution in [-0.4, -0.2) is 41.4 Å². The van der Waals surface area contributed by atoms with E-state index in [0.29, 0.717) is 23.1 Å². The molecule has 0 amide bonds. The lowest BCUT2D eigenvalue weighted by atomic mass is 10.2. The zero-order chi connectivity index (χ0) is 18.7. The normalized spacial score (nSPS) is 15.8. The van der Waals surface area contributed by atoms with Gasteiger partial charge in [-0.15, -0.1) is 5.10 Å². The molecule has 0 saturated carbocycles. The van der Waals surface area contributed by atoms with E-state index in [2.05, 4.69) is 9.59 Å². The molecule has 140 valence electrons. The van der Waals surface area contributed by atoms with Crippen molar-refractivity contribution in [3.05, 3.63) is 39.6 Å². The minimum Gasteiger partial charge on any atom is -0.455 e. The van der Waals surface area contributed by atoms with Crippen LogP contribution >= 0.6 is 23.1 Å². The summed E-state index contributed by atoms with van der Waals surface area (Å²) in [5, 5.41) is 3.71. The van der Waals surface area contributed by atoms with Crippen LogP contribution < -0.4 is 0 Å². The van der Waals surface area contributed by atoms with Gasteiger partial charge in [0.1, 0.15) is 27.3 Å². The number of nitrogens with zero attached hydrogens (tertiary/aromatic N) is 3. The van der Waals surface area contributed by atoms with Gasteiger partial charge in [-0.05, 0) is 31.0 Å². The van der Waals surface area contributed by atoms with E-state index in [1.54, 1.807) is 0 Å². The summed E-state index contributed by atoms with van der Waals surface area (Å²) in [6.45, 7) is 0.470. The van der Waals surface area contributed by atoms with Gasteiger partial charge in [0.2, 0.25) is 10.0 Å². The lowest BCUT2D eigenvalue weighted by Crippen LogP contribution is -2.36. The molecule has 3 rings (SSSR count). The fourth-order valence-corrected chi connectivity index (χ4v) is 4.78. The average molecular weight is 420 g/mol. The second kappa shape index (κ2) is 7.95. The summed E-state index contributed by atoms with van der Waals surface area (Å²) < 4.78 is 49.7. The predicted octanol–water partition coefficient (Wildman–Crippen LogP) is 2.86. The quantitative estimate of drug-likeness (QED) is 0.692. The maximum absolute atomic E-state index is 14.2. The van der Waals surface area contributed by atoms with Gasteiger partial charge in [0.15, 0.2) is 0 Å². The van der Waals surface area contributed by atoms with Gasteiger partial charge < -0.3 is 4.74 Å².